The van der Waals surface area contributed by atoms with E-state index in [0.29, 0.717) is 18.5 Å². The Morgan fingerprint density at radius 3 is 2.78 bits per heavy atom. The molecule has 0 aliphatic carbocycles. The van der Waals surface area contributed by atoms with Crippen molar-refractivity contribution in [1.82, 2.24) is 14.8 Å². The van der Waals surface area contributed by atoms with Gasteiger partial charge in [0.05, 0.1) is 0 Å². The number of hydrogen-bond donors (Lipinski definition) is 0. The van der Waals surface area contributed by atoms with E-state index in [1.54, 1.807) is 17.1 Å². The molecule has 0 N–H and O–H groups in total. The largest absolute Gasteiger partial charge is 0.292 e. The number of carbonyl (C=O) groups excluding carboxylic acids is 1. The zero-order chi connectivity index (χ0) is 13.1. The Labute approximate surface area is 107 Å². The average Bonchev–Trinajstić information content (AvgIpc) is 2.72. The Hall–Kier alpha value is -1.97. The summed E-state index contributed by atoms with van der Waals surface area (Å²) in [5, 5.41) is 4.09. The van der Waals surface area contributed by atoms with Gasteiger partial charge in [-0.1, -0.05) is 6.07 Å². The highest BCUT2D eigenvalue weighted by molar-refractivity contribution is 5.95. The lowest BCUT2D eigenvalue weighted by Crippen LogP contribution is -2.08. The minimum absolute atomic E-state index is 0.0914. The number of aryl methyl sites for hydroxylation is 4. The van der Waals surface area contributed by atoms with Crippen molar-refractivity contribution in [3.63, 3.8) is 0 Å². The van der Waals surface area contributed by atoms with E-state index in [-0.39, 0.29) is 5.78 Å². The van der Waals surface area contributed by atoms with Crippen LogP contribution >= 0.6 is 0 Å². The number of hydrogen-bond acceptors (Lipinski definition) is 3. The summed E-state index contributed by atoms with van der Waals surface area (Å²) < 4.78 is 1.79. The summed E-state index contributed by atoms with van der Waals surface area (Å²) in [7, 11) is 1.88. The number of carbonyl (C=O) groups is 1. The summed E-state index contributed by atoms with van der Waals surface area (Å²) in [5.41, 5.74) is 3.68. The van der Waals surface area contributed by atoms with Gasteiger partial charge >= 0.3 is 0 Å². The molecule has 0 fully saturated rings. The molecule has 0 saturated carbocycles. The third-order valence-corrected chi connectivity index (χ3v) is 3.01. The van der Waals surface area contributed by atoms with Gasteiger partial charge in [0.15, 0.2) is 5.78 Å². The maximum atomic E-state index is 12.1. The SMILES string of the molecule is Cc1cnc(C(=O)CCc2ccnn2C)c(C)c1. The Kier molecular flexibility index (Phi) is 3.55. The smallest absolute Gasteiger partial charge is 0.181 e. The lowest BCUT2D eigenvalue weighted by molar-refractivity contribution is 0.0977. The monoisotopic (exact) mass is 243 g/mol. The highest BCUT2D eigenvalue weighted by Gasteiger charge is 2.11. The number of rotatable bonds is 4. The maximum Gasteiger partial charge on any atom is 0.181 e. The first-order chi connectivity index (χ1) is 8.58. The molecule has 0 aliphatic rings. The van der Waals surface area contributed by atoms with Gasteiger partial charge in [0, 0.05) is 31.6 Å². The van der Waals surface area contributed by atoms with E-state index in [9.17, 15) is 4.79 Å². The van der Waals surface area contributed by atoms with Crippen LogP contribution in [0, 0.1) is 13.8 Å². The van der Waals surface area contributed by atoms with Crippen molar-refractivity contribution in [1.29, 1.82) is 0 Å². The van der Waals surface area contributed by atoms with Crippen LogP contribution in [0.25, 0.3) is 0 Å². The van der Waals surface area contributed by atoms with E-state index in [1.807, 2.05) is 33.0 Å². The van der Waals surface area contributed by atoms with Gasteiger partial charge in [0.1, 0.15) is 5.69 Å². The molecule has 94 valence electrons. The standard InChI is InChI=1S/C14H17N3O/c1-10-8-11(2)14(15-9-10)13(18)5-4-12-6-7-16-17(12)3/h6-9H,4-5H2,1-3H3. The van der Waals surface area contributed by atoms with Gasteiger partial charge in [-0.3, -0.25) is 14.5 Å². The van der Waals surface area contributed by atoms with Gasteiger partial charge in [-0.15, -0.1) is 0 Å². The second kappa shape index (κ2) is 5.12. The van der Waals surface area contributed by atoms with Crippen LogP contribution in [0.5, 0.6) is 0 Å². The van der Waals surface area contributed by atoms with Crippen molar-refractivity contribution in [3.05, 3.63) is 47.0 Å². The second-order valence-electron chi connectivity index (χ2n) is 4.55. The van der Waals surface area contributed by atoms with Crippen LogP contribution in [0.15, 0.2) is 24.5 Å². The normalized spacial score (nSPS) is 10.6. The molecule has 0 atom stereocenters. The van der Waals surface area contributed by atoms with Gasteiger partial charge in [0.2, 0.25) is 0 Å². The number of ketones is 1. The molecule has 2 aromatic rings. The Bertz CT molecular complexity index is 572. The van der Waals surface area contributed by atoms with E-state index >= 15 is 0 Å². The lowest BCUT2D eigenvalue weighted by atomic mass is 10.1. The molecule has 0 unspecified atom stereocenters. The third kappa shape index (κ3) is 2.64. The van der Waals surface area contributed by atoms with Crippen LogP contribution in [-0.4, -0.2) is 20.5 Å². The van der Waals surface area contributed by atoms with Gasteiger partial charge in [-0.05, 0) is 37.5 Å². The highest BCUT2D eigenvalue weighted by atomic mass is 16.1. The molecule has 0 bridgehead atoms. The molecule has 0 spiro atoms. The molecule has 2 rings (SSSR count). The zero-order valence-corrected chi connectivity index (χ0v) is 11.0. The molecular weight excluding hydrogens is 226 g/mol. The third-order valence-electron chi connectivity index (χ3n) is 3.01. The van der Waals surface area contributed by atoms with Gasteiger partial charge in [-0.25, -0.2) is 0 Å². The Morgan fingerprint density at radius 2 is 2.17 bits per heavy atom. The zero-order valence-electron chi connectivity index (χ0n) is 11.0. The maximum absolute atomic E-state index is 12.1. The van der Waals surface area contributed by atoms with E-state index in [0.717, 1.165) is 16.8 Å². The molecule has 2 aromatic heterocycles. The van der Waals surface area contributed by atoms with Crippen LogP contribution in [0.2, 0.25) is 0 Å². The molecule has 0 aliphatic heterocycles. The van der Waals surface area contributed by atoms with Crippen LogP contribution in [0.1, 0.15) is 33.7 Å². The first-order valence-corrected chi connectivity index (χ1v) is 6.01. The minimum Gasteiger partial charge on any atom is -0.292 e. The summed E-state index contributed by atoms with van der Waals surface area (Å²) in [6.45, 7) is 3.90. The van der Waals surface area contributed by atoms with Crippen LogP contribution in [0.4, 0.5) is 0 Å². The summed E-state index contributed by atoms with van der Waals surface area (Å²) in [4.78, 5) is 16.3. The fourth-order valence-electron chi connectivity index (χ4n) is 2.01. The molecule has 4 heteroatoms. The van der Waals surface area contributed by atoms with Crippen molar-refractivity contribution in [2.45, 2.75) is 26.7 Å². The Balaban J connectivity index is 2.06. The first-order valence-electron chi connectivity index (χ1n) is 6.01. The number of Topliss-reactive ketones (excluding diaryl/α,β-unsaturated/α-hetero) is 1. The molecule has 0 aromatic carbocycles. The van der Waals surface area contributed by atoms with Crippen molar-refractivity contribution in [2.24, 2.45) is 7.05 Å². The molecular formula is C14H17N3O. The molecule has 0 amide bonds. The van der Waals surface area contributed by atoms with Crippen LogP contribution in [-0.2, 0) is 13.5 Å². The second-order valence-corrected chi connectivity index (χ2v) is 4.55. The Morgan fingerprint density at radius 1 is 1.39 bits per heavy atom. The lowest BCUT2D eigenvalue weighted by Gasteiger charge is -2.05. The van der Waals surface area contributed by atoms with E-state index < -0.39 is 0 Å². The summed E-state index contributed by atoms with van der Waals surface area (Å²) in [6.07, 6.45) is 4.65. The number of pyridine rings is 1. The predicted molar refractivity (Wildman–Crippen MR) is 69.6 cm³/mol. The first kappa shape index (κ1) is 12.5. The number of nitrogens with zero attached hydrogens (tertiary/aromatic N) is 3. The molecule has 18 heavy (non-hydrogen) atoms. The van der Waals surface area contributed by atoms with Crippen molar-refractivity contribution in [3.8, 4) is 0 Å². The topological polar surface area (TPSA) is 47.8 Å². The van der Waals surface area contributed by atoms with Gasteiger partial charge in [-0.2, -0.15) is 5.10 Å². The average molecular weight is 243 g/mol. The van der Waals surface area contributed by atoms with Crippen molar-refractivity contribution >= 4 is 5.78 Å². The quantitative estimate of drug-likeness (QED) is 0.774. The van der Waals surface area contributed by atoms with E-state index in [4.69, 9.17) is 0 Å². The van der Waals surface area contributed by atoms with Crippen LogP contribution < -0.4 is 0 Å². The number of aromatic nitrogens is 3. The summed E-state index contributed by atoms with van der Waals surface area (Å²) in [6, 6.07) is 3.92. The highest BCUT2D eigenvalue weighted by Crippen LogP contribution is 2.11. The van der Waals surface area contributed by atoms with E-state index in [1.165, 1.54) is 0 Å². The van der Waals surface area contributed by atoms with Crippen molar-refractivity contribution < 1.29 is 4.79 Å². The summed E-state index contributed by atoms with van der Waals surface area (Å²) >= 11 is 0. The summed E-state index contributed by atoms with van der Waals surface area (Å²) in [5.74, 6) is 0.0914. The molecule has 4 nitrogen and oxygen atoms in total. The van der Waals surface area contributed by atoms with E-state index in [2.05, 4.69) is 10.1 Å². The minimum atomic E-state index is 0.0914. The van der Waals surface area contributed by atoms with Crippen LogP contribution in [0.3, 0.4) is 0 Å². The fraction of sp³-hybridized carbons (Fsp3) is 0.357. The van der Waals surface area contributed by atoms with Gasteiger partial charge < -0.3 is 0 Å². The van der Waals surface area contributed by atoms with Gasteiger partial charge in [0.25, 0.3) is 0 Å². The predicted octanol–water partition coefficient (Wildman–Crippen LogP) is 2.25. The fourth-order valence-corrected chi connectivity index (χ4v) is 2.01. The molecule has 0 radical (unpaired) electrons. The molecule has 2 heterocycles. The van der Waals surface area contributed by atoms with Crippen molar-refractivity contribution in [2.75, 3.05) is 0 Å². The molecule has 0 saturated heterocycles.